The van der Waals surface area contributed by atoms with Crippen molar-refractivity contribution in [2.45, 2.75) is 38.1 Å². The van der Waals surface area contributed by atoms with Gasteiger partial charge in [-0.3, -0.25) is 0 Å². The molecule has 100 valence electrons. The molecule has 0 spiro atoms. The molecule has 1 aromatic rings. The van der Waals surface area contributed by atoms with Crippen LogP contribution < -0.4 is 10.5 Å². The van der Waals surface area contributed by atoms with Crippen molar-refractivity contribution in [3.05, 3.63) is 35.4 Å². The second kappa shape index (κ2) is 5.38. The zero-order valence-electron chi connectivity index (χ0n) is 10.6. The topological polar surface area (TPSA) is 72.2 Å². The van der Waals surface area contributed by atoms with Crippen molar-refractivity contribution in [3.63, 3.8) is 0 Å². The minimum Gasteiger partial charge on any atom is -0.326 e. The Hall–Kier alpha value is -0.910. The van der Waals surface area contributed by atoms with Gasteiger partial charge in [-0.1, -0.05) is 31.2 Å². The quantitative estimate of drug-likeness (QED) is 0.847. The average molecular weight is 268 g/mol. The molecule has 0 atom stereocenters. The normalized spacial score (nSPS) is 23.7. The monoisotopic (exact) mass is 268 g/mol. The highest BCUT2D eigenvalue weighted by Gasteiger charge is 2.28. The third kappa shape index (κ3) is 3.54. The summed E-state index contributed by atoms with van der Waals surface area (Å²) in [6.45, 7) is 2.61. The van der Waals surface area contributed by atoms with Gasteiger partial charge in [-0.15, -0.1) is 0 Å². The number of nitrogens with one attached hydrogen (secondary N) is 1. The summed E-state index contributed by atoms with van der Waals surface area (Å²) in [5, 5.41) is 0. The maximum Gasteiger partial charge on any atom is 0.216 e. The number of rotatable bonds is 5. The number of nitrogens with two attached hydrogens (primary N) is 1. The highest BCUT2D eigenvalue weighted by molar-refractivity contribution is 7.88. The lowest BCUT2D eigenvalue weighted by molar-refractivity contribution is 0.270. The fraction of sp³-hybridized carbons (Fsp3) is 0.538. The Labute approximate surface area is 109 Å². The molecule has 0 aliphatic heterocycles. The van der Waals surface area contributed by atoms with E-state index in [4.69, 9.17) is 5.73 Å². The SMILES string of the molecule is CC1CC(NS(=O)(=O)Cc2ccc(CN)cc2)C1. The standard InChI is InChI=1S/C13H20N2O2S/c1-10-6-13(7-10)15-18(16,17)9-12-4-2-11(8-14)3-5-12/h2-5,10,13,15H,6-9,14H2,1H3. The van der Waals surface area contributed by atoms with Gasteiger partial charge in [-0.25, -0.2) is 13.1 Å². The predicted molar refractivity (Wildman–Crippen MR) is 72.3 cm³/mol. The van der Waals surface area contributed by atoms with Gasteiger partial charge in [0.15, 0.2) is 0 Å². The molecular weight excluding hydrogens is 248 g/mol. The maximum atomic E-state index is 11.9. The Morgan fingerprint density at radius 2 is 1.78 bits per heavy atom. The molecular formula is C13H20N2O2S. The maximum absolute atomic E-state index is 11.9. The van der Waals surface area contributed by atoms with Gasteiger partial charge < -0.3 is 5.73 Å². The fourth-order valence-electron chi connectivity index (χ4n) is 2.29. The van der Waals surface area contributed by atoms with Gasteiger partial charge in [0.1, 0.15) is 0 Å². The van der Waals surface area contributed by atoms with Gasteiger partial charge in [0.05, 0.1) is 5.75 Å². The average Bonchev–Trinajstić information content (AvgIpc) is 2.27. The van der Waals surface area contributed by atoms with Crippen molar-refractivity contribution < 1.29 is 8.42 Å². The Balaban J connectivity index is 1.94. The van der Waals surface area contributed by atoms with E-state index >= 15 is 0 Å². The molecule has 0 amide bonds. The lowest BCUT2D eigenvalue weighted by Crippen LogP contribution is -2.43. The first-order chi connectivity index (χ1) is 8.48. The molecule has 3 N–H and O–H groups in total. The summed E-state index contributed by atoms with van der Waals surface area (Å²) in [6, 6.07) is 7.52. The van der Waals surface area contributed by atoms with Crippen LogP contribution in [0.5, 0.6) is 0 Å². The van der Waals surface area contributed by atoms with Crippen molar-refractivity contribution in [2.24, 2.45) is 11.7 Å². The molecule has 1 aliphatic carbocycles. The van der Waals surface area contributed by atoms with Crippen LogP contribution in [0.4, 0.5) is 0 Å². The molecule has 1 aromatic carbocycles. The number of hydrogen-bond acceptors (Lipinski definition) is 3. The molecule has 18 heavy (non-hydrogen) atoms. The summed E-state index contributed by atoms with van der Waals surface area (Å²) in [4.78, 5) is 0. The Morgan fingerprint density at radius 3 is 2.28 bits per heavy atom. The third-order valence-corrected chi connectivity index (χ3v) is 4.74. The van der Waals surface area contributed by atoms with Gasteiger partial charge in [0, 0.05) is 12.6 Å². The van der Waals surface area contributed by atoms with Crippen molar-refractivity contribution >= 4 is 10.0 Å². The van der Waals surface area contributed by atoms with Crippen LogP contribution in [0.3, 0.4) is 0 Å². The summed E-state index contributed by atoms with van der Waals surface area (Å²) in [7, 11) is -3.22. The van der Waals surface area contributed by atoms with E-state index in [2.05, 4.69) is 11.6 Å². The van der Waals surface area contributed by atoms with Crippen LogP contribution in [0, 0.1) is 5.92 Å². The summed E-state index contributed by atoms with van der Waals surface area (Å²) in [5.74, 6) is 0.685. The van der Waals surface area contributed by atoms with E-state index in [1.807, 2.05) is 24.3 Å². The van der Waals surface area contributed by atoms with E-state index in [-0.39, 0.29) is 11.8 Å². The molecule has 1 fully saturated rings. The molecule has 0 radical (unpaired) electrons. The largest absolute Gasteiger partial charge is 0.326 e. The smallest absolute Gasteiger partial charge is 0.216 e. The zero-order valence-corrected chi connectivity index (χ0v) is 11.4. The lowest BCUT2D eigenvalue weighted by Gasteiger charge is -2.32. The Morgan fingerprint density at radius 1 is 1.22 bits per heavy atom. The molecule has 0 unspecified atom stereocenters. The first-order valence-corrected chi connectivity index (χ1v) is 7.91. The van der Waals surface area contributed by atoms with Crippen molar-refractivity contribution in [2.75, 3.05) is 0 Å². The summed E-state index contributed by atoms with van der Waals surface area (Å²) in [6.07, 6.45) is 1.90. The van der Waals surface area contributed by atoms with Crippen LogP contribution in [-0.4, -0.2) is 14.5 Å². The molecule has 2 rings (SSSR count). The second-order valence-electron chi connectivity index (χ2n) is 5.17. The van der Waals surface area contributed by atoms with Crippen LogP contribution in [0.2, 0.25) is 0 Å². The first-order valence-electron chi connectivity index (χ1n) is 6.26. The van der Waals surface area contributed by atoms with Crippen LogP contribution in [0.1, 0.15) is 30.9 Å². The molecule has 5 heteroatoms. The van der Waals surface area contributed by atoms with E-state index in [0.29, 0.717) is 12.5 Å². The Bertz CT molecular complexity index is 490. The first kappa shape index (κ1) is 13.5. The highest BCUT2D eigenvalue weighted by Crippen LogP contribution is 2.27. The van der Waals surface area contributed by atoms with E-state index in [0.717, 1.165) is 24.0 Å². The molecule has 0 bridgehead atoms. The van der Waals surface area contributed by atoms with Gasteiger partial charge in [-0.05, 0) is 29.9 Å². The van der Waals surface area contributed by atoms with Crippen LogP contribution in [-0.2, 0) is 22.3 Å². The summed E-state index contributed by atoms with van der Waals surface area (Å²) in [5.41, 5.74) is 7.31. The number of hydrogen-bond donors (Lipinski definition) is 2. The molecule has 0 heterocycles. The Kier molecular flexibility index (Phi) is 4.04. The van der Waals surface area contributed by atoms with Crippen LogP contribution >= 0.6 is 0 Å². The summed E-state index contributed by atoms with van der Waals surface area (Å²) >= 11 is 0. The minimum atomic E-state index is -3.22. The molecule has 1 saturated carbocycles. The molecule has 1 aliphatic rings. The zero-order chi connectivity index (χ0) is 13.2. The predicted octanol–water partition coefficient (Wildman–Crippen LogP) is 1.36. The van der Waals surface area contributed by atoms with Crippen molar-refractivity contribution in [1.29, 1.82) is 0 Å². The van der Waals surface area contributed by atoms with Crippen LogP contribution in [0.15, 0.2) is 24.3 Å². The van der Waals surface area contributed by atoms with E-state index in [1.165, 1.54) is 0 Å². The molecule has 0 aromatic heterocycles. The number of benzene rings is 1. The third-order valence-electron chi connectivity index (χ3n) is 3.34. The van der Waals surface area contributed by atoms with Gasteiger partial charge in [0.2, 0.25) is 10.0 Å². The van der Waals surface area contributed by atoms with E-state index < -0.39 is 10.0 Å². The van der Waals surface area contributed by atoms with E-state index in [9.17, 15) is 8.42 Å². The lowest BCUT2D eigenvalue weighted by atomic mass is 9.83. The van der Waals surface area contributed by atoms with E-state index in [1.54, 1.807) is 0 Å². The van der Waals surface area contributed by atoms with Gasteiger partial charge in [0.25, 0.3) is 0 Å². The second-order valence-corrected chi connectivity index (χ2v) is 6.92. The molecule has 0 saturated heterocycles. The van der Waals surface area contributed by atoms with Crippen LogP contribution in [0.25, 0.3) is 0 Å². The van der Waals surface area contributed by atoms with Crippen molar-refractivity contribution in [3.8, 4) is 0 Å². The fourth-order valence-corrected chi connectivity index (χ4v) is 3.70. The molecule has 4 nitrogen and oxygen atoms in total. The minimum absolute atomic E-state index is 0.0444. The number of sulfonamides is 1. The highest BCUT2D eigenvalue weighted by atomic mass is 32.2. The van der Waals surface area contributed by atoms with Gasteiger partial charge >= 0.3 is 0 Å². The van der Waals surface area contributed by atoms with Gasteiger partial charge in [-0.2, -0.15) is 0 Å². The summed E-state index contributed by atoms with van der Waals surface area (Å²) < 4.78 is 26.6. The van der Waals surface area contributed by atoms with Crippen molar-refractivity contribution in [1.82, 2.24) is 4.72 Å².